The summed E-state index contributed by atoms with van der Waals surface area (Å²) in [5.41, 5.74) is 7.99. The Bertz CT molecular complexity index is 1650. The summed E-state index contributed by atoms with van der Waals surface area (Å²) in [5, 5.41) is 7.69. The van der Waals surface area contributed by atoms with E-state index in [1.807, 2.05) is 103 Å². The van der Waals surface area contributed by atoms with E-state index in [0.717, 1.165) is 61.7 Å². The third kappa shape index (κ3) is 5.08. The van der Waals surface area contributed by atoms with Crippen LogP contribution >= 0.6 is 11.8 Å². The van der Waals surface area contributed by atoms with Crippen LogP contribution in [0.5, 0.6) is 0 Å². The minimum Gasteiger partial charge on any atom is -0.300 e. The van der Waals surface area contributed by atoms with E-state index in [2.05, 4.69) is 40.6 Å². The first kappa shape index (κ1) is 23.7. The second-order valence-electron chi connectivity index (χ2n) is 8.97. The minimum atomic E-state index is -0.129. The third-order valence-electron chi connectivity index (χ3n) is 6.22. The Morgan fingerprint density at radius 3 is 2.16 bits per heavy atom. The highest BCUT2D eigenvalue weighted by Gasteiger charge is 2.23. The van der Waals surface area contributed by atoms with Gasteiger partial charge in [0.05, 0.1) is 27.7 Å². The first-order valence-corrected chi connectivity index (χ1v) is 13.1. The lowest BCUT2D eigenvalue weighted by molar-refractivity contribution is 0.265. The van der Waals surface area contributed by atoms with Crippen molar-refractivity contribution in [1.29, 1.82) is 0 Å². The van der Waals surface area contributed by atoms with Crippen molar-refractivity contribution >= 4 is 34.6 Å². The Labute approximate surface area is 225 Å². The molecular formula is C32H24N4OS. The molecule has 1 fully saturated rings. The summed E-state index contributed by atoms with van der Waals surface area (Å²) in [6, 6.07) is 38.7. The zero-order chi connectivity index (χ0) is 25.9. The number of aromatic nitrogens is 2. The molecule has 6 heteroatoms. The van der Waals surface area contributed by atoms with Crippen LogP contribution in [-0.4, -0.2) is 20.9 Å². The number of nitrogens with one attached hydrogen (secondary N) is 1. The molecule has 4 aromatic carbocycles. The molecule has 1 aliphatic rings. The number of amides is 1. The summed E-state index contributed by atoms with van der Waals surface area (Å²) >= 11 is 1.15. The number of carbonyl (C=O) groups excluding carboxylic acids is 1. The van der Waals surface area contributed by atoms with Gasteiger partial charge in [0.15, 0.2) is 0 Å². The standard InChI is InChI=1S/C32H24N4OS/c1-22-12-16-26(17-13-22)33-31-30(38-32(37)34-31)20-23-14-18-27(19-15-23)36-29(25-10-6-3-7-11-25)21-28(35-36)24-8-4-2-5-9-24/h2-21H,1H3,(H,33,34,37). The largest absolute Gasteiger partial charge is 0.300 e. The van der Waals surface area contributed by atoms with Crippen LogP contribution in [0.1, 0.15) is 11.1 Å². The number of benzene rings is 4. The first-order chi connectivity index (χ1) is 18.6. The van der Waals surface area contributed by atoms with Gasteiger partial charge in [-0.1, -0.05) is 90.5 Å². The predicted octanol–water partition coefficient (Wildman–Crippen LogP) is 8.04. The molecule has 1 saturated heterocycles. The molecular weight excluding hydrogens is 488 g/mol. The van der Waals surface area contributed by atoms with Crippen LogP contribution in [-0.2, 0) is 0 Å². The lowest BCUT2D eigenvalue weighted by Gasteiger charge is -2.08. The van der Waals surface area contributed by atoms with Gasteiger partial charge in [0.1, 0.15) is 5.84 Å². The summed E-state index contributed by atoms with van der Waals surface area (Å²) in [6.07, 6.45) is 1.98. The number of hydrogen-bond acceptors (Lipinski definition) is 4. The van der Waals surface area contributed by atoms with E-state index < -0.39 is 0 Å². The number of hydrogen-bond donors (Lipinski definition) is 1. The predicted molar refractivity (Wildman–Crippen MR) is 157 cm³/mol. The molecule has 0 spiro atoms. The van der Waals surface area contributed by atoms with Crippen molar-refractivity contribution in [2.45, 2.75) is 6.92 Å². The second kappa shape index (κ2) is 10.4. The molecule has 6 rings (SSSR count). The van der Waals surface area contributed by atoms with Crippen LogP contribution in [0.4, 0.5) is 10.5 Å². The average molecular weight is 513 g/mol. The molecule has 1 aliphatic heterocycles. The summed E-state index contributed by atoms with van der Waals surface area (Å²) in [7, 11) is 0. The van der Waals surface area contributed by atoms with Gasteiger partial charge in [0.25, 0.3) is 5.24 Å². The Hall–Kier alpha value is -4.68. The molecule has 0 aliphatic carbocycles. The quantitative estimate of drug-likeness (QED) is 0.259. The number of aryl methyl sites for hydroxylation is 1. The van der Waals surface area contributed by atoms with Crippen molar-refractivity contribution < 1.29 is 4.79 Å². The van der Waals surface area contributed by atoms with Gasteiger partial charge in [0.2, 0.25) is 0 Å². The van der Waals surface area contributed by atoms with E-state index in [0.29, 0.717) is 5.84 Å². The number of nitrogens with zero attached hydrogens (tertiary/aromatic N) is 3. The molecule has 0 radical (unpaired) electrons. The van der Waals surface area contributed by atoms with Crippen molar-refractivity contribution in [3.05, 3.63) is 131 Å². The second-order valence-corrected chi connectivity index (χ2v) is 9.98. The summed E-state index contributed by atoms with van der Waals surface area (Å²) in [5.74, 6) is 0.568. The molecule has 5 aromatic rings. The molecule has 0 atom stereocenters. The van der Waals surface area contributed by atoms with Gasteiger partial charge in [0, 0.05) is 11.1 Å². The van der Waals surface area contributed by atoms with Crippen LogP contribution in [0.15, 0.2) is 125 Å². The van der Waals surface area contributed by atoms with Gasteiger partial charge in [-0.3, -0.25) is 4.79 Å². The number of thioether (sulfide) groups is 1. The highest BCUT2D eigenvalue weighted by atomic mass is 32.2. The van der Waals surface area contributed by atoms with E-state index >= 15 is 0 Å². The monoisotopic (exact) mass is 512 g/mol. The lowest BCUT2D eigenvalue weighted by atomic mass is 10.1. The molecule has 1 N–H and O–H groups in total. The fraction of sp³-hybridized carbons (Fsp3) is 0.0312. The Morgan fingerprint density at radius 2 is 1.47 bits per heavy atom. The molecule has 0 saturated carbocycles. The maximum Gasteiger partial charge on any atom is 0.289 e. The highest BCUT2D eigenvalue weighted by molar-refractivity contribution is 8.18. The van der Waals surface area contributed by atoms with E-state index in [4.69, 9.17) is 5.10 Å². The summed E-state index contributed by atoms with van der Waals surface area (Å²) in [4.78, 5) is 17.6. The van der Waals surface area contributed by atoms with Crippen LogP contribution in [0.2, 0.25) is 0 Å². The maximum absolute atomic E-state index is 12.1. The van der Waals surface area contributed by atoms with Gasteiger partial charge in [-0.2, -0.15) is 5.10 Å². The van der Waals surface area contributed by atoms with E-state index in [1.165, 1.54) is 0 Å². The van der Waals surface area contributed by atoms with Crippen LogP contribution in [0.25, 0.3) is 34.3 Å². The van der Waals surface area contributed by atoms with Crippen molar-refractivity contribution in [3.63, 3.8) is 0 Å². The van der Waals surface area contributed by atoms with Crippen LogP contribution in [0.3, 0.4) is 0 Å². The van der Waals surface area contributed by atoms with Gasteiger partial charge in [-0.05, 0) is 60.7 Å². The number of rotatable bonds is 5. The van der Waals surface area contributed by atoms with Gasteiger partial charge >= 0.3 is 0 Å². The third-order valence-corrected chi connectivity index (χ3v) is 7.03. The summed E-state index contributed by atoms with van der Waals surface area (Å²) < 4.78 is 1.98. The fourth-order valence-corrected chi connectivity index (χ4v) is 5.00. The molecule has 1 amide bonds. The van der Waals surface area contributed by atoms with Crippen molar-refractivity contribution in [2.24, 2.45) is 4.99 Å². The van der Waals surface area contributed by atoms with Gasteiger partial charge in [-0.15, -0.1) is 0 Å². The summed E-state index contributed by atoms with van der Waals surface area (Å²) in [6.45, 7) is 2.04. The normalized spacial score (nSPS) is 15.2. The topological polar surface area (TPSA) is 59.3 Å². The average Bonchev–Trinajstić information content (AvgIpc) is 3.55. The number of aliphatic imine (C=N–C) groups is 1. The zero-order valence-corrected chi connectivity index (χ0v) is 21.5. The van der Waals surface area contributed by atoms with Crippen LogP contribution in [0, 0.1) is 6.92 Å². The molecule has 2 heterocycles. The first-order valence-electron chi connectivity index (χ1n) is 12.3. The SMILES string of the molecule is Cc1ccc(N=C2NC(=O)SC2=Cc2ccc(-n3nc(-c4ccccc4)cc3-c3ccccc3)cc2)cc1. The minimum absolute atomic E-state index is 0.129. The number of carbonyl (C=O) groups is 1. The Kier molecular flexibility index (Phi) is 6.46. The highest BCUT2D eigenvalue weighted by Crippen LogP contribution is 2.31. The molecule has 38 heavy (non-hydrogen) atoms. The Balaban J connectivity index is 1.34. The molecule has 184 valence electrons. The van der Waals surface area contributed by atoms with Crippen molar-refractivity contribution in [1.82, 2.24) is 15.1 Å². The fourth-order valence-electron chi connectivity index (χ4n) is 4.27. The van der Waals surface area contributed by atoms with Gasteiger partial charge < -0.3 is 5.32 Å². The van der Waals surface area contributed by atoms with E-state index in [-0.39, 0.29) is 5.24 Å². The smallest absolute Gasteiger partial charge is 0.289 e. The maximum atomic E-state index is 12.1. The van der Waals surface area contributed by atoms with Crippen LogP contribution < -0.4 is 5.32 Å². The van der Waals surface area contributed by atoms with E-state index in [1.54, 1.807) is 0 Å². The van der Waals surface area contributed by atoms with Crippen molar-refractivity contribution in [2.75, 3.05) is 0 Å². The molecule has 1 aromatic heterocycles. The molecule has 0 unspecified atom stereocenters. The number of amidine groups is 1. The van der Waals surface area contributed by atoms with E-state index in [9.17, 15) is 4.79 Å². The zero-order valence-electron chi connectivity index (χ0n) is 20.7. The Morgan fingerprint density at radius 1 is 0.816 bits per heavy atom. The molecule has 5 nitrogen and oxygen atoms in total. The molecule has 0 bridgehead atoms. The van der Waals surface area contributed by atoms with Crippen molar-refractivity contribution in [3.8, 4) is 28.2 Å². The van der Waals surface area contributed by atoms with Gasteiger partial charge in [-0.25, -0.2) is 9.67 Å². The lowest BCUT2D eigenvalue weighted by Crippen LogP contribution is -2.18.